The summed E-state index contributed by atoms with van der Waals surface area (Å²) in [4.78, 5) is 0. The van der Waals surface area contributed by atoms with Gasteiger partial charge in [-0.05, 0) is 32.3 Å². The number of rotatable bonds is 5. The highest BCUT2D eigenvalue weighted by molar-refractivity contribution is 7.96. The van der Waals surface area contributed by atoms with Crippen LogP contribution in [0.25, 0.3) is 0 Å². The summed E-state index contributed by atoms with van der Waals surface area (Å²) in [5.41, 5.74) is 2.71. The molecule has 0 unspecified atom stereocenters. The van der Waals surface area contributed by atoms with Gasteiger partial charge in [0.1, 0.15) is 0 Å². The van der Waals surface area contributed by atoms with Crippen LogP contribution in [0.15, 0.2) is 24.3 Å². The molecule has 0 saturated heterocycles. The van der Waals surface area contributed by atoms with E-state index in [0.717, 1.165) is 33.5 Å². The van der Waals surface area contributed by atoms with Gasteiger partial charge in [-0.1, -0.05) is 47.9 Å². The molecule has 0 aromatic heterocycles. The van der Waals surface area contributed by atoms with E-state index in [4.69, 9.17) is 23.6 Å². The summed E-state index contributed by atoms with van der Waals surface area (Å²) < 4.78 is 0. The molecule has 0 N–H and O–H groups in total. The average Bonchev–Trinajstić information content (AvgIpc) is 2.17. The van der Waals surface area contributed by atoms with Crippen LogP contribution in [-0.4, -0.2) is 6.16 Å². The monoisotopic (exact) mass is 244 g/mol. The van der Waals surface area contributed by atoms with E-state index in [0.29, 0.717) is 0 Å². The van der Waals surface area contributed by atoms with Crippen molar-refractivity contribution in [1.82, 2.24) is 0 Å². The highest BCUT2D eigenvalue weighted by Gasteiger charge is 1.93. The molecule has 4 heteroatoms. The molecule has 1 aromatic rings. The zero-order valence-corrected chi connectivity index (χ0v) is 10.6. The van der Waals surface area contributed by atoms with E-state index in [-0.39, 0.29) is 0 Å². The van der Waals surface area contributed by atoms with E-state index in [1.165, 1.54) is 11.1 Å². The zero-order chi connectivity index (χ0) is 9.52. The Morgan fingerprint density at radius 2 is 1.54 bits per heavy atom. The number of benzene rings is 1. The Bertz CT molecular complexity index is 282. The third-order valence-electron chi connectivity index (χ3n) is 1.76. The van der Waals surface area contributed by atoms with Crippen LogP contribution in [0, 0.1) is 0 Å². The first-order valence-corrected chi connectivity index (χ1v) is 8.21. The second-order valence-corrected chi connectivity index (χ2v) is 5.54. The summed E-state index contributed by atoms with van der Waals surface area (Å²) in [5.74, 6) is 0. The normalized spacial score (nSPS) is 10.8. The van der Waals surface area contributed by atoms with Gasteiger partial charge in [-0.3, -0.25) is 0 Å². The zero-order valence-electron chi connectivity index (χ0n) is 7.14. The van der Waals surface area contributed by atoms with Gasteiger partial charge in [0.15, 0.2) is 0 Å². The molecule has 0 nitrogen and oxygen atoms in total. The van der Waals surface area contributed by atoms with Gasteiger partial charge < -0.3 is 0 Å². The minimum atomic E-state index is 0.981. The van der Waals surface area contributed by atoms with E-state index < -0.39 is 0 Å². The number of hydrogen-bond donors (Lipinski definition) is 0. The molecule has 1 rings (SSSR count). The lowest BCUT2D eigenvalue weighted by molar-refractivity contribution is 1.15. The quantitative estimate of drug-likeness (QED) is 0.726. The smallest absolute Gasteiger partial charge is 0.0250 e. The molecule has 0 amide bonds. The van der Waals surface area contributed by atoms with Gasteiger partial charge in [0.25, 0.3) is 0 Å². The maximum absolute atomic E-state index is 4.89. The maximum Gasteiger partial charge on any atom is 0.0250 e. The molecule has 0 aliphatic heterocycles. The summed E-state index contributed by atoms with van der Waals surface area (Å²) in [6.07, 6.45) is 3.15. The maximum atomic E-state index is 4.89. The van der Waals surface area contributed by atoms with E-state index in [1.54, 1.807) is 0 Å². The van der Waals surface area contributed by atoms with Crippen molar-refractivity contribution >= 4 is 38.3 Å². The molecule has 0 saturated carbocycles. The van der Waals surface area contributed by atoms with Crippen molar-refractivity contribution < 1.29 is 0 Å². The first-order valence-electron chi connectivity index (χ1n) is 4.03. The summed E-state index contributed by atoms with van der Waals surface area (Å²) in [6.45, 7) is 0. The second kappa shape index (κ2) is 6.68. The predicted octanol–water partition coefficient (Wildman–Crippen LogP) is 3.55. The summed E-state index contributed by atoms with van der Waals surface area (Å²) >= 11 is 9.77. The Kier molecular flexibility index (Phi) is 5.82. The third-order valence-corrected chi connectivity index (χ3v) is 3.60. The summed E-state index contributed by atoms with van der Waals surface area (Å²) in [5, 5.41) is 0. The van der Waals surface area contributed by atoms with Gasteiger partial charge in [0, 0.05) is 12.3 Å². The Labute approximate surface area is 92.4 Å². The van der Waals surface area contributed by atoms with Crippen molar-refractivity contribution in [3.05, 3.63) is 35.4 Å². The Morgan fingerprint density at radius 3 is 2.08 bits per heavy atom. The highest BCUT2D eigenvalue weighted by atomic mass is 32.4. The summed E-state index contributed by atoms with van der Waals surface area (Å²) in [7, 11) is 2.08. The molecular formula is C9H10P2S2. The molecule has 0 aliphatic rings. The molecule has 0 radical (unpaired) electrons. The largest absolute Gasteiger partial charge is 0.0587 e. The first-order chi connectivity index (χ1) is 6.36. The van der Waals surface area contributed by atoms with Crippen LogP contribution >= 0.6 is 14.7 Å². The van der Waals surface area contributed by atoms with E-state index in [2.05, 4.69) is 24.3 Å². The SMILES string of the molecule is S=PCCc1ccc(CP=S)cc1. The fraction of sp³-hybridized carbons (Fsp3) is 0.333. The first kappa shape index (κ1) is 11.3. The molecular weight excluding hydrogens is 234 g/mol. The average molecular weight is 244 g/mol. The molecule has 13 heavy (non-hydrogen) atoms. The van der Waals surface area contributed by atoms with Crippen LogP contribution < -0.4 is 0 Å². The van der Waals surface area contributed by atoms with Crippen molar-refractivity contribution in [3.8, 4) is 0 Å². The van der Waals surface area contributed by atoms with Crippen molar-refractivity contribution in [2.24, 2.45) is 0 Å². The number of hydrogen-bond acceptors (Lipinski definition) is 2. The van der Waals surface area contributed by atoms with Crippen LogP contribution in [0.3, 0.4) is 0 Å². The molecule has 0 heterocycles. The fourth-order valence-electron chi connectivity index (χ4n) is 1.06. The molecule has 0 fully saturated rings. The van der Waals surface area contributed by atoms with Crippen LogP contribution in [-0.2, 0) is 36.2 Å². The summed E-state index contributed by atoms with van der Waals surface area (Å²) in [6, 6.07) is 8.68. The second-order valence-electron chi connectivity index (χ2n) is 2.71. The molecule has 0 aliphatic carbocycles. The van der Waals surface area contributed by atoms with Gasteiger partial charge in [0.05, 0.1) is 0 Å². The van der Waals surface area contributed by atoms with Gasteiger partial charge in [-0.2, -0.15) is 0 Å². The van der Waals surface area contributed by atoms with E-state index in [1.807, 2.05) is 0 Å². The molecule has 0 spiro atoms. The Balaban J connectivity index is 2.58. The molecule has 1 aromatic carbocycles. The van der Waals surface area contributed by atoms with Crippen LogP contribution in [0.1, 0.15) is 11.1 Å². The van der Waals surface area contributed by atoms with Gasteiger partial charge in [-0.25, -0.2) is 0 Å². The molecule has 0 atom stereocenters. The minimum absolute atomic E-state index is 0.981. The highest BCUT2D eigenvalue weighted by Crippen LogP contribution is 2.12. The molecule has 0 bridgehead atoms. The standard InChI is InChI=1S/C9H10P2S2/c12-10-6-5-8-1-3-9(4-2-8)7-11-13/h1-4H,5-7H2. The predicted molar refractivity (Wildman–Crippen MR) is 67.3 cm³/mol. The topological polar surface area (TPSA) is 0 Å². The van der Waals surface area contributed by atoms with Crippen LogP contribution in [0.5, 0.6) is 0 Å². The molecule has 68 valence electrons. The van der Waals surface area contributed by atoms with Crippen molar-refractivity contribution in [1.29, 1.82) is 0 Å². The Morgan fingerprint density at radius 1 is 0.923 bits per heavy atom. The lowest BCUT2D eigenvalue weighted by Crippen LogP contribution is -1.86. The lowest BCUT2D eigenvalue weighted by Gasteiger charge is -1.99. The van der Waals surface area contributed by atoms with Crippen LogP contribution in [0.4, 0.5) is 0 Å². The van der Waals surface area contributed by atoms with E-state index in [9.17, 15) is 0 Å². The van der Waals surface area contributed by atoms with Gasteiger partial charge in [-0.15, -0.1) is 0 Å². The number of aryl methyl sites for hydroxylation is 1. The minimum Gasteiger partial charge on any atom is -0.0587 e. The van der Waals surface area contributed by atoms with Gasteiger partial charge in [0.2, 0.25) is 0 Å². The van der Waals surface area contributed by atoms with E-state index >= 15 is 0 Å². The Hall–Kier alpha value is 0.260. The third kappa shape index (κ3) is 4.33. The van der Waals surface area contributed by atoms with Crippen LogP contribution in [0.2, 0.25) is 0 Å². The fourth-order valence-corrected chi connectivity index (χ4v) is 2.49. The lowest BCUT2D eigenvalue weighted by atomic mass is 10.1. The van der Waals surface area contributed by atoms with Crippen molar-refractivity contribution in [2.45, 2.75) is 12.6 Å². The van der Waals surface area contributed by atoms with Gasteiger partial charge >= 0.3 is 0 Å². The van der Waals surface area contributed by atoms with Crippen molar-refractivity contribution in [2.75, 3.05) is 6.16 Å². The van der Waals surface area contributed by atoms with Crippen molar-refractivity contribution in [3.63, 3.8) is 0 Å².